The fraction of sp³-hybridized carbons (Fsp3) is 0.333. The zero-order valence-corrected chi connectivity index (χ0v) is 7.94. The highest BCUT2D eigenvalue weighted by atomic mass is 31.2. The molecule has 1 rings (SSSR count). The normalized spacial score (nSPS) is 13.9. The van der Waals surface area contributed by atoms with Crippen molar-refractivity contribution in [1.82, 2.24) is 15.1 Å². The van der Waals surface area contributed by atoms with Gasteiger partial charge in [-0.2, -0.15) is 0 Å². The summed E-state index contributed by atoms with van der Waals surface area (Å²) in [6.45, 7) is 0. The number of H-pyrrole nitrogens is 1. The van der Waals surface area contributed by atoms with E-state index in [1.54, 1.807) is 0 Å². The molecular formula is C6H9N3O4P. The van der Waals surface area contributed by atoms with Crippen LogP contribution in [0, 0.1) is 0 Å². The smallest absolute Gasteiger partial charge is 0.351 e. The van der Waals surface area contributed by atoms with Crippen molar-refractivity contribution in [3.05, 3.63) is 18.2 Å². The lowest BCUT2D eigenvalue weighted by molar-refractivity contribution is 0.352. The molecule has 0 saturated heterocycles. The Morgan fingerprint density at radius 3 is 2.86 bits per heavy atom. The predicted octanol–water partition coefficient (Wildman–Crippen LogP) is -0.887. The van der Waals surface area contributed by atoms with E-state index in [4.69, 9.17) is 9.79 Å². The number of imidazole rings is 1. The summed E-state index contributed by atoms with van der Waals surface area (Å²) >= 11 is 0. The Morgan fingerprint density at radius 1 is 1.71 bits per heavy atom. The second-order valence-electron chi connectivity index (χ2n) is 2.61. The van der Waals surface area contributed by atoms with Crippen molar-refractivity contribution in [3.63, 3.8) is 0 Å². The van der Waals surface area contributed by atoms with Gasteiger partial charge in [0.15, 0.2) is 0 Å². The minimum absolute atomic E-state index is 0.0815. The molecule has 0 bridgehead atoms. The van der Waals surface area contributed by atoms with E-state index in [1.807, 2.05) is 5.09 Å². The molecule has 1 heterocycles. The number of carbonyl (C=O) groups excluding carboxylic acids is 1. The van der Waals surface area contributed by atoms with E-state index in [0.29, 0.717) is 5.69 Å². The first-order chi connectivity index (χ1) is 6.51. The lowest BCUT2D eigenvalue weighted by atomic mass is 10.2. The number of nitrogens with one attached hydrogen (secondary N) is 2. The highest BCUT2D eigenvalue weighted by Crippen LogP contribution is 2.29. The van der Waals surface area contributed by atoms with E-state index in [2.05, 4.69) is 9.97 Å². The molecule has 77 valence electrons. The summed E-state index contributed by atoms with van der Waals surface area (Å²) < 4.78 is 10.5. The summed E-state index contributed by atoms with van der Waals surface area (Å²) in [4.78, 5) is 33.9. The zero-order valence-electron chi connectivity index (χ0n) is 7.04. The molecule has 0 aliphatic rings. The topological polar surface area (TPSA) is 115 Å². The molecule has 0 unspecified atom stereocenters. The van der Waals surface area contributed by atoms with Gasteiger partial charge in [-0.15, -0.1) is 0 Å². The Labute approximate surface area is 79.8 Å². The van der Waals surface area contributed by atoms with E-state index in [0.717, 1.165) is 0 Å². The largest absolute Gasteiger partial charge is 0.400 e. The number of aromatic amines is 1. The zero-order chi connectivity index (χ0) is 10.6. The van der Waals surface area contributed by atoms with E-state index in [1.165, 1.54) is 18.8 Å². The summed E-state index contributed by atoms with van der Waals surface area (Å²) in [6, 6.07) is -1.06. The summed E-state index contributed by atoms with van der Waals surface area (Å²) in [6.07, 6.45) is 4.52. The highest BCUT2D eigenvalue weighted by Gasteiger charge is 2.20. The van der Waals surface area contributed by atoms with E-state index < -0.39 is 13.8 Å². The predicted molar refractivity (Wildman–Crippen MR) is 47.0 cm³/mol. The van der Waals surface area contributed by atoms with E-state index in [-0.39, 0.29) is 6.42 Å². The standard InChI is InChI=1S/C6H9N3O4P/c10-3-6(9-14(11,12)13)1-5-2-7-4-8-5/h2,4,6H,1H2,(H,7,8)(H3,9,11,12,13)/t6-/m0/s1. The molecule has 8 heteroatoms. The molecule has 14 heavy (non-hydrogen) atoms. The van der Waals surface area contributed by atoms with Crippen molar-refractivity contribution in [2.24, 2.45) is 0 Å². The summed E-state index contributed by atoms with van der Waals surface area (Å²) in [5.74, 6) is 0. The third kappa shape index (κ3) is 3.80. The van der Waals surface area contributed by atoms with Gasteiger partial charge >= 0.3 is 7.75 Å². The summed E-state index contributed by atoms with van der Waals surface area (Å²) in [5.41, 5.74) is 0.527. The van der Waals surface area contributed by atoms with Crippen molar-refractivity contribution in [1.29, 1.82) is 0 Å². The molecule has 7 nitrogen and oxygen atoms in total. The second kappa shape index (κ2) is 4.47. The van der Waals surface area contributed by atoms with Crippen molar-refractivity contribution >= 4 is 14.0 Å². The molecule has 0 aliphatic heterocycles. The quantitative estimate of drug-likeness (QED) is 0.476. The molecule has 1 aromatic rings. The fourth-order valence-corrected chi connectivity index (χ4v) is 1.48. The summed E-state index contributed by atoms with van der Waals surface area (Å²) in [7, 11) is -4.41. The molecule has 1 atom stereocenters. The molecule has 0 fully saturated rings. The van der Waals surface area contributed by atoms with Crippen LogP contribution in [0.5, 0.6) is 0 Å². The Bertz CT molecular complexity index is 333. The van der Waals surface area contributed by atoms with Crippen LogP contribution in [-0.2, 0) is 15.8 Å². The van der Waals surface area contributed by atoms with Gasteiger partial charge < -0.3 is 14.8 Å². The van der Waals surface area contributed by atoms with Crippen LogP contribution in [0.15, 0.2) is 12.5 Å². The Balaban J connectivity index is 2.56. The Hall–Kier alpha value is -1.01. The molecule has 1 aromatic heterocycles. The number of hydrogen-bond acceptors (Lipinski definition) is 3. The number of nitrogens with zero attached hydrogens (tertiary/aromatic N) is 1. The van der Waals surface area contributed by atoms with Gasteiger partial charge in [0.2, 0.25) is 6.29 Å². The molecule has 0 saturated carbocycles. The van der Waals surface area contributed by atoms with Crippen LogP contribution in [0.25, 0.3) is 0 Å². The highest BCUT2D eigenvalue weighted by molar-refractivity contribution is 7.49. The first kappa shape index (κ1) is 11.1. The maximum absolute atomic E-state index is 10.5. The molecule has 0 spiro atoms. The number of hydrogen-bond donors (Lipinski definition) is 4. The molecule has 4 N–H and O–H groups in total. The van der Waals surface area contributed by atoms with Crippen molar-refractivity contribution < 1.29 is 19.1 Å². The van der Waals surface area contributed by atoms with Gasteiger partial charge in [-0.25, -0.2) is 14.6 Å². The molecule has 0 aliphatic carbocycles. The van der Waals surface area contributed by atoms with Gasteiger partial charge in [-0.1, -0.05) is 0 Å². The summed E-state index contributed by atoms with van der Waals surface area (Å²) in [5, 5.41) is 1.83. The van der Waals surface area contributed by atoms with Gasteiger partial charge in [0.1, 0.15) is 0 Å². The van der Waals surface area contributed by atoms with Crippen LogP contribution in [0.3, 0.4) is 0 Å². The first-order valence-electron chi connectivity index (χ1n) is 3.70. The molecular weight excluding hydrogens is 209 g/mol. The van der Waals surface area contributed by atoms with Crippen LogP contribution >= 0.6 is 7.75 Å². The van der Waals surface area contributed by atoms with Gasteiger partial charge in [-0.05, 0) is 0 Å². The first-order valence-corrected chi connectivity index (χ1v) is 5.31. The van der Waals surface area contributed by atoms with E-state index in [9.17, 15) is 9.36 Å². The van der Waals surface area contributed by atoms with Crippen molar-refractivity contribution in [3.8, 4) is 0 Å². The molecule has 0 amide bonds. The average Bonchev–Trinajstić information content (AvgIpc) is 2.53. The van der Waals surface area contributed by atoms with Crippen LogP contribution < -0.4 is 5.09 Å². The minimum Gasteiger partial charge on any atom is -0.351 e. The fourth-order valence-electron chi connectivity index (χ4n) is 0.928. The second-order valence-corrected chi connectivity index (χ2v) is 3.95. The lowest BCUT2D eigenvalue weighted by Gasteiger charge is -2.10. The van der Waals surface area contributed by atoms with Crippen molar-refractivity contribution in [2.75, 3.05) is 0 Å². The minimum atomic E-state index is -4.41. The number of rotatable bonds is 5. The molecule has 1 radical (unpaired) electrons. The van der Waals surface area contributed by atoms with Gasteiger partial charge in [0.25, 0.3) is 0 Å². The Morgan fingerprint density at radius 2 is 2.43 bits per heavy atom. The lowest BCUT2D eigenvalue weighted by Crippen LogP contribution is -2.30. The van der Waals surface area contributed by atoms with Gasteiger partial charge in [0.05, 0.1) is 18.1 Å². The molecule has 0 aromatic carbocycles. The van der Waals surface area contributed by atoms with Crippen LogP contribution in [0.1, 0.15) is 5.69 Å². The SMILES string of the molecule is O=[C][C@H](Cc1c[nH]cn1)NP(=O)(O)O. The maximum Gasteiger partial charge on any atom is 0.400 e. The average molecular weight is 218 g/mol. The van der Waals surface area contributed by atoms with Crippen LogP contribution in [0.2, 0.25) is 0 Å². The monoisotopic (exact) mass is 218 g/mol. The van der Waals surface area contributed by atoms with Crippen LogP contribution in [-0.4, -0.2) is 32.1 Å². The third-order valence-corrected chi connectivity index (χ3v) is 2.08. The Kier molecular flexibility index (Phi) is 3.54. The van der Waals surface area contributed by atoms with E-state index >= 15 is 0 Å². The van der Waals surface area contributed by atoms with Gasteiger partial charge in [-0.3, -0.25) is 4.79 Å². The third-order valence-electron chi connectivity index (χ3n) is 1.43. The van der Waals surface area contributed by atoms with Crippen LogP contribution in [0.4, 0.5) is 0 Å². The van der Waals surface area contributed by atoms with Crippen molar-refractivity contribution in [2.45, 2.75) is 12.5 Å². The number of aromatic nitrogens is 2. The van der Waals surface area contributed by atoms with Gasteiger partial charge in [0, 0.05) is 12.6 Å². The maximum atomic E-state index is 10.5.